The van der Waals surface area contributed by atoms with Crippen LogP contribution in [0.5, 0.6) is 0 Å². The third-order valence-electron chi connectivity index (χ3n) is 1.15. The van der Waals surface area contributed by atoms with Crippen LogP contribution in [0.15, 0.2) is 0 Å². The fourth-order valence-electron chi connectivity index (χ4n) is 0.552. The molecule has 0 aromatic heterocycles. The number of nitrogens with zero attached hydrogens (tertiary/aromatic N) is 1. The first-order chi connectivity index (χ1) is 5.52. The van der Waals surface area contributed by atoms with Crippen molar-refractivity contribution in [3.63, 3.8) is 0 Å². The van der Waals surface area contributed by atoms with Crippen LogP contribution < -0.4 is 69.3 Å². The molecule has 0 aliphatic rings. The molecule has 0 unspecified atom stereocenters. The van der Waals surface area contributed by atoms with Gasteiger partial charge in [-0.05, 0) is 0 Å². The van der Waals surface area contributed by atoms with Crippen LogP contribution in [-0.2, 0) is 9.59 Å². The number of hydrogen-bond donors (Lipinski definition) is 1. The maximum atomic E-state index is 9.86. The molecule has 0 aliphatic heterocycles. The summed E-state index contributed by atoms with van der Waals surface area (Å²) in [7, 11) is 0. The summed E-state index contributed by atoms with van der Waals surface area (Å²) in [4.78, 5) is 19.7. The average molecular weight is 221 g/mol. The first-order valence-electron chi connectivity index (χ1n) is 3.36. The molecule has 0 saturated heterocycles. The van der Waals surface area contributed by atoms with E-state index < -0.39 is 11.9 Å². The van der Waals surface area contributed by atoms with Crippen molar-refractivity contribution in [2.24, 2.45) is 0 Å². The third-order valence-corrected chi connectivity index (χ3v) is 1.15. The number of carboxylic acid groups (broad SMARTS) is 2. The maximum Gasteiger partial charge on any atom is 1.00 e. The van der Waals surface area contributed by atoms with Gasteiger partial charge in [0.1, 0.15) is 0 Å². The van der Waals surface area contributed by atoms with E-state index in [-0.39, 0.29) is 85.0 Å². The molecular formula is C6H9NNa2O5. The summed E-state index contributed by atoms with van der Waals surface area (Å²) in [6.07, 6.45) is -0.660. The Morgan fingerprint density at radius 1 is 1.00 bits per heavy atom. The summed E-state index contributed by atoms with van der Waals surface area (Å²) in [6.45, 7) is -0.286. The molecule has 6 nitrogen and oxygen atoms in total. The van der Waals surface area contributed by atoms with Gasteiger partial charge in [0.05, 0.1) is 0 Å². The van der Waals surface area contributed by atoms with E-state index in [4.69, 9.17) is 5.21 Å². The van der Waals surface area contributed by atoms with Gasteiger partial charge in [-0.25, -0.2) is 0 Å². The molecule has 0 spiro atoms. The van der Waals surface area contributed by atoms with Gasteiger partial charge in [-0.15, -0.1) is 0 Å². The summed E-state index contributed by atoms with van der Waals surface area (Å²) < 4.78 is 0. The SMILES string of the molecule is O=C([O-])CCN(O)CCC(=O)[O-].[Na+].[Na+]. The zero-order valence-electron chi connectivity index (χ0n) is 8.36. The van der Waals surface area contributed by atoms with E-state index in [1.165, 1.54) is 0 Å². The number of hydrogen-bond acceptors (Lipinski definition) is 6. The number of hydroxylamine groups is 2. The molecule has 1 N–H and O–H groups in total. The van der Waals surface area contributed by atoms with Gasteiger partial charge in [-0.1, -0.05) is 0 Å². The number of carbonyl (C=O) groups is 2. The van der Waals surface area contributed by atoms with E-state index in [2.05, 4.69) is 0 Å². The van der Waals surface area contributed by atoms with E-state index >= 15 is 0 Å². The Morgan fingerprint density at radius 3 is 1.50 bits per heavy atom. The Labute approximate surface area is 126 Å². The molecule has 0 atom stereocenters. The molecule has 0 radical (unpaired) electrons. The van der Waals surface area contributed by atoms with E-state index in [0.717, 1.165) is 0 Å². The van der Waals surface area contributed by atoms with Crippen molar-refractivity contribution in [2.45, 2.75) is 12.8 Å². The topological polar surface area (TPSA) is 104 Å². The summed E-state index contributed by atoms with van der Waals surface area (Å²) in [5, 5.41) is 29.1. The molecule has 0 fully saturated rings. The van der Waals surface area contributed by atoms with Crippen LogP contribution in [0.3, 0.4) is 0 Å². The van der Waals surface area contributed by atoms with Crippen molar-refractivity contribution in [2.75, 3.05) is 13.1 Å². The van der Waals surface area contributed by atoms with Crippen molar-refractivity contribution in [1.29, 1.82) is 0 Å². The minimum Gasteiger partial charge on any atom is -0.550 e. The molecule has 0 rings (SSSR count). The van der Waals surface area contributed by atoms with Crippen LogP contribution in [0, 0.1) is 0 Å². The van der Waals surface area contributed by atoms with Crippen LogP contribution >= 0.6 is 0 Å². The zero-order valence-corrected chi connectivity index (χ0v) is 12.4. The van der Waals surface area contributed by atoms with Crippen molar-refractivity contribution >= 4 is 11.9 Å². The maximum absolute atomic E-state index is 9.86. The normalized spacial score (nSPS) is 8.71. The van der Waals surface area contributed by atoms with Crippen molar-refractivity contribution in [3.8, 4) is 0 Å². The van der Waals surface area contributed by atoms with Crippen LogP contribution in [0.2, 0.25) is 0 Å². The smallest absolute Gasteiger partial charge is 0.550 e. The number of carboxylic acids is 2. The number of rotatable bonds is 6. The van der Waals surface area contributed by atoms with Gasteiger partial charge in [0.2, 0.25) is 0 Å². The number of aliphatic carboxylic acids is 2. The summed E-state index contributed by atoms with van der Waals surface area (Å²) >= 11 is 0. The Hall–Kier alpha value is 0.860. The van der Waals surface area contributed by atoms with Gasteiger partial charge in [0.25, 0.3) is 0 Å². The second-order valence-corrected chi connectivity index (χ2v) is 2.20. The molecular weight excluding hydrogens is 212 g/mol. The van der Waals surface area contributed by atoms with Gasteiger partial charge in [0.15, 0.2) is 0 Å². The summed E-state index contributed by atoms with van der Waals surface area (Å²) in [5.74, 6) is -2.58. The number of carbonyl (C=O) groups excluding carboxylic acids is 2. The second-order valence-electron chi connectivity index (χ2n) is 2.20. The Morgan fingerprint density at radius 2 is 1.29 bits per heavy atom. The monoisotopic (exact) mass is 221 g/mol. The first-order valence-corrected chi connectivity index (χ1v) is 3.36. The van der Waals surface area contributed by atoms with Gasteiger partial charge >= 0.3 is 59.1 Å². The predicted octanol–water partition coefficient (Wildman–Crippen LogP) is -9.03. The molecule has 0 saturated carbocycles. The molecule has 70 valence electrons. The van der Waals surface area contributed by atoms with Gasteiger partial charge < -0.3 is 25.0 Å². The molecule has 0 heterocycles. The van der Waals surface area contributed by atoms with Crippen LogP contribution in [0.4, 0.5) is 0 Å². The quantitative estimate of drug-likeness (QED) is 0.353. The van der Waals surface area contributed by atoms with E-state index in [9.17, 15) is 19.8 Å². The minimum atomic E-state index is -1.29. The molecule has 0 aromatic carbocycles. The second kappa shape index (κ2) is 11.9. The molecule has 0 amide bonds. The van der Waals surface area contributed by atoms with Gasteiger partial charge in [0, 0.05) is 37.9 Å². The Balaban J connectivity index is -0.000000605. The predicted molar refractivity (Wildman–Crippen MR) is 32.6 cm³/mol. The summed E-state index contributed by atoms with van der Waals surface area (Å²) in [5.41, 5.74) is 0. The van der Waals surface area contributed by atoms with Crippen molar-refractivity contribution < 1.29 is 84.1 Å². The van der Waals surface area contributed by atoms with Crippen LogP contribution in [-0.4, -0.2) is 35.3 Å². The minimum absolute atomic E-state index is 0. The van der Waals surface area contributed by atoms with Crippen molar-refractivity contribution in [3.05, 3.63) is 0 Å². The van der Waals surface area contributed by atoms with Gasteiger partial charge in [-0.2, -0.15) is 5.06 Å². The largest absolute Gasteiger partial charge is 1.00 e. The molecule has 8 heteroatoms. The third kappa shape index (κ3) is 15.3. The van der Waals surface area contributed by atoms with Crippen molar-refractivity contribution in [1.82, 2.24) is 5.06 Å². The molecule has 0 aromatic rings. The van der Waals surface area contributed by atoms with Crippen LogP contribution in [0.25, 0.3) is 0 Å². The Kier molecular flexibility index (Phi) is 17.3. The molecule has 0 aliphatic carbocycles. The zero-order chi connectivity index (χ0) is 9.56. The fraction of sp³-hybridized carbons (Fsp3) is 0.667. The average Bonchev–Trinajstić information content (AvgIpc) is 1.96. The first kappa shape index (κ1) is 20.3. The standard InChI is InChI=1S/C6H11NO5.2Na/c8-5(9)1-3-7(12)4-2-6(10)11;;/h12H,1-4H2,(H,8,9)(H,10,11);;/q;2*+1/p-2. The van der Waals surface area contributed by atoms with Crippen LogP contribution in [0.1, 0.15) is 12.8 Å². The van der Waals surface area contributed by atoms with Gasteiger partial charge in [-0.3, -0.25) is 0 Å². The molecule has 14 heavy (non-hydrogen) atoms. The Bertz CT molecular complexity index is 160. The van der Waals surface area contributed by atoms with E-state index in [1.807, 2.05) is 0 Å². The van der Waals surface area contributed by atoms with E-state index in [1.54, 1.807) is 0 Å². The summed E-state index contributed by atoms with van der Waals surface area (Å²) in [6, 6.07) is 0. The van der Waals surface area contributed by atoms with E-state index in [0.29, 0.717) is 5.06 Å². The molecule has 0 bridgehead atoms. The fourth-order valence-corrected chi connectivity index (χ4v) is 0.552.